The van der Waals surface area contributed by atoms with E-state index in [0.717, 1.165) is 30.4 Å². The van der Waals surface area contributed by atoms with Gasteiger partial charge in [-0.05, 0) is 60.2 Å². The molecule has 2 aliphatic rings. The molecule has 0 aromatic heterocycles. The molecule has 1 saturated heterocycles. The summed E-state index contributed by atoms with van der Waals surface area (Å²) in [5.41, 5.74) is 8.79. The van der Waals surface area contributed by atoms with E-state index in [9.17, 15) is 18.0 Å². The molecule has 9 heteroatoms. The van der Waals surface area contributed by atoms with Crippen molar-refractivity contribution in [3.05, 3.63) is 64.7 Å². The molecule has 2 aromatic carbocycles. The molecule has 0 unspecified atom stereocenters. The molecule has 0 atom stereocenters. The number of piperazine rings is 1. The number of hydrogen-bond acceptors (Lipinski definition) is 4. The highest BCUT2D eigenvalue weighted by Crippen LogP contribution is 2.27. The first-order valence-corrected chi connectivity index (χ1v) is 11.8. The molecule has 1 heterocycles. The Morgan fingerprint density at radius 2 is 1.61 bits per heavy atom. The van der Waals surface area contributed by atoms with Crippen LogP contribution in [0.5, 0.6) is 0 Å². The zero-order chi connectivity index (χ0) is 22.0. The van der Waals surface area contributed by atoms with E-state index < -0.39 is 16.1 Å². The maximum Gasteiger partial charge on any atom is 0.312 e. The van der Waals surface area contributed by atoms with E-state index in [0.29, 0.717) is 30.1 Å². The lowest BCUT2D eigenvalue weighted by molar-refractivity contribution is 0.0698. The van der Waals surface area contributed by atoms with Gasteiger partial charge in [-0.3, -0.25) is 4.79 Å². The van der Waals surface area contributed by atoms with Crippen LogP contribution in [0, 0.1) is 0 Å². The molecular formula is C22H26N4O4S. The van der Waals surface area contributed by atoms with Gasteiger partial charge in [0.15, 0.2) is 0 Å². The Labute approximate surface area is 182 Å². The van der Waals surface area contributed by atoms with Gasteiger partial charge in [-0.15, -0.1) is 0 Å². The summed E-state index contributed by atoms with van der Waals surface area (Å²) in [6, 6.07) is 11.8. The van der Waals surface area contributed by atoms with Crippen LogP contribution in [-0.2, 0) is 29.4 Å². The summed E-state index contributed by atoms with van der Waals surface area (Å²) in [5.74, 6) is -0.135. The fourth-order valence-corrected chi connectivity index (χ4v) is 5.60. The first kappa shape index (κ1) is 21.3. The van der Waals surface area contributed by atoms with Crippen LogP contribution in [0.25, 0.3) is 0 Å². The lowest BCUT2D eigenvalue weighted by atomic mass is 10.1. The topological polar surface area (TPSA) is 113 Å². The SMILES string of the molecule is NC(=O)NCc1ccc(C(=O)N2CCN(S(=O)(=O)c3ccc4c(c3)CCC4)CC2)cc1. The second kappa shape index (κ2) is 8.68. The number of rotatable bonds is 5. The second-order valence-electron chi connectivity index (χ2n) is 7.90. The van der Waals surface area contributed by atoms with Gasteiger partial charge >= 0.3 is 6.03 Å². The molecule has 31 heavy (non-hydrogen) atoms. The molecular weight excluding hydrogens is 416 g/mol. The largest absolute Gasteiger partial charge is 0.352 e. The molecule has 1 aliphatic carbocycles. The van der Waals surface area contributed by atoms with Crippen molar-refractivity contribution in [3.8, 4) is 0 Å². The van der Waals surface area contributed by atoms with Gasteiger partial charge in [-0.1, -0.05) is 18.2 Å². The van der Waals surface area contributed by atoms with E-state index in [4.69, 9.17) is 5.73 Å². The average molecular weight is 443 g/mol. The number of carbonyl (C=O) groups is 2. The molecule has 1 aliphatic heterocycles. The van der Waals surface area contributed by atoms with Gasteiger partial charge in [-0.2, -0.15) is 4.31 Å². The number of amides is 3. The third-order valence-electron chi connectivity index (χ3n) is 5.90. The molecule has 0 radical (unpaired) electrons. The van der Waals surface area contributed by atoms with E-state index >= 15 is 0 Å². The van der Waals surface area contributed by atoms with E-state index in [1.165, 1.54) is 9.87 Å². The predicted octanol–water partition coefficient (Wildman–Crippen LogP) is 1.49. The van der Waals surface area contributed by atoms with E-state index in [2.05, 4.69) is 5.32 Å². The van der Waals surface area contributed by atoms with Gasteiger partial charge in [0.2, 0.25) is 10.0 Å². The number of nitrogens with one attached hydrogen (secondary N) is 1. The van der Waals surface area contributed by atoms with Gasteiger partial charge in [0, 0.05) is 38.3 Å². The quantitative estimate of drug-likeness (QED) is 0.730. The normalized spacial score (nSPS) is 16.7. The third kappa shape index (κ3) is 4.57. The Morgan fingerprint density at radius 1 is 0.935 bits per heavy atom. The maximum absolute atomic E-state index is 13.1. The van der Waals surface area contributed by atoms with E-state index in [1.54, 1.807) is 35.2 Å². The number of nitrogens with two attached hydrogens (primary N) is 1. The number of aryl methyl sites for hydroxylation is 2. The summed E-state index contributed by atoms with van der Waals surface area (Å²) < 4.78 is 27.6. The molecule has 4 rings (SSSR count). The number of sulfonamides is 1. The highest BCUT2D eigenvalue weighted by Gasteiger charge is 2.31. The molecule has 0 bridgehead atoms. The number of primary amides is 1. The minimum Gasteiger partial charge on any atom is -0.352 e. The van der Waals surface area contributed by atoms with Gasteiger partial charge in [0.1, 0.15) is 0 Å². The summed E-state index contributed by atoms with van der Waals surface area (Å²) >= 11 is 0. The van der Waals surface area contributed by atoms with E-state index in [-0.39, 0.29) is 19.0 Å². The Bertz CT molecular complexity index is 1090. The van der Waals surface area contributed by atoms with Crippen molar-refractivity contribution in [2.75, 3.05) is 26.2 Å². The van der Waals surface area contributed by atoms with Crippen LogP contribution in [0.3, 0.4) is 0 Å². The smallest absolute Gasteiger partial charge is 0.312 e. The Kier molecular flexibility index (Phi) is 5.97. The highest BCUT2D eigenvalue weighted by atomic mass is 32.2. The number of fused-ring (bicyclic) bond motifs is 1. The summed E-state index contributed by atoms with van der Waals surface area (Å²) in [5, 5.41) is 2.50. The van der Waals surface area contributed by atoms with Crippen LogP contribution in [0.2, 0.25) is 0 Å². The summed E-state index contributed by atoms with van der Waals surface area (Å²) in [6.07, 6.45) is 3.01. The maximum atomic E-state index is 13.1. The lowest BCUT2D eigenvalue weighted by Gasteiger charge is -2.34. The van der Waals surface area contributed by atoms with Crippen molar-refractivity contribution in [1.29, 1.82) is 0 Å². The van der Waals surface area contributed by atoms with Gasteiger partial charge in [0.05, 0.1) is 4.90 Å². The summed E-state index contributed by atoms with van der Waals surface area (Å²) in [7, 11) is -3.57. The van der Waals surface area contributed by atoms with Crippen LogP contribution in [0.1, 0.15) is 33.5 Å². The summed E-state index contributed by atoms with van der Waals surface area (Å²) in [6.45, 7) is 1.52. The molecule has 1 fully saturated rings. The number of urea groups is 1. The number of carbonyl (C=O) groups excluding carboxylic acids is 2. The Morgan fingerprint density at radius 3 is 2.29 bits per heavy atom. The number of benzene rings is 2. The molecule has 3 amide bonds. The zero-order valence-corrected chi connectivity index (χ0v) is 18.0. The molecule has 0 spiro atoms. The van der Waals surface area contributed by atoms with Crippen LogP contribution in [0.4, 0.5) is 4.79 Å². The highest BCUT2D eigenvalue weighted by molar-refractivity contribution is 7.89. The zero-order valence-electron chi connectivity index (χ0n) is 17.2. The molecule has 8 nitrogen and oxygen atoms in total. The molecule has 2 aromatic rings. The minimum absolute atomic E-state index is 0.135. The van der Waals surface area contributed by atoms with Crippen molar-refractivity contribution >= 4 is 22.0 Å². The van der Waals surface area contributed by atoms with Gasteiger partial charge in [-0.25, -0.2) is 13.2 Å². The van der Waals surface area contributed by atoms with Gasteiger partial charge < -0.3 is 16.0 Å². The minimum atomic E-state index is -3.57. The van der Waals surface area contributed by atoms with Crippen molar-refractivity contribution in [1.82, 2.24) is 14.5 Å². The first-order valence-electron chi connectivity index (χ1n) is 10.4. The van der Waals surface area contributed by atoms with Crippen LogP contribution in [0.15, 0.2) is 47.4 Å². The fourth-order valence-electron chi connectivity index (χ4n) is 4.13. The summed E-state index contributed by atoms with van der Waals surface area (Å²) in [4.78, 5) is 25.6. The predicted molar refractivity (Wildman–Crippen MR) is 116 cm³/mol. The lowest BCUT2D eigenvalue weighted by Crippen LogP contribution is -2.50. The Balaban J connectivity index is 1.38. The van der Waals surface area contributed by atoms with Crippen LogP contribution < -0.4 is 11.1 Å². The standard InChI is InChI=1S/C22H26N4O4S/c23-22(28)24-15-16-4-6-18(7-5-16)21(27)25-10-12-26(13-11-25)31(29,30)20-9-8-17-2-1-3-19(17)14-20/h4-9,14H,1-3,10-13,15H2,(H3,23,24,28). The average Bonchev–Trinajstić information content (AvgIpc) is 3.25. The van der Waals surface area contributed by atoms with Crippen LogP contribution in [-0.4, -0.2) is 55.7 Å². The fraction of sp³-hybridized carbons (Fsp3) is 0.364. The second-order valence-corrected chi connectivity index (χ2v) is 9.83. The third-order valence-corrected chi connectivity index (χ3v) is 7.80. The van der Waals surface area contributed by atoms with Crippen molar-refractivity contribution < 1.29 is 18.0 Å². The number of hydrogen-bond donors (Lipinski definition) is 2. The van der Waals surface area contributed by atoms with E-state index in [1.807, 2.05) is 12.1 Å². The van der Waals surface area contributed by atoms with Crippen molar-refractivity contribution in [2.24, 2.45) is 5.73 Å². The Hall–Kier alpha value is -2.91. The van der Waals surface area contributed by atoms with Crippen molar-refractivity contribution in [2.45, 2.75) is 30.7 Å². The first-order chi connectivity index (χ1) is 14.8. The number of nitrogens with zero attached hydrogens (tertiary/aromatic N) is 2. The van der Waals surface area contributed by atoms with Gasteiger partial charge in [0.25, 0.3) is 5.91 Å². The van der Waals surface area contributed by atoms with Crippen LogP contribution >= 0.6 is 0 Å². The molecule has 3 N–H and O–H groups in total. The molecule has 0 saturated carbocycles. The van der Waals surface area contributed by atoms with Crippen molar-refractivity contribution in [3.63, 3.8) is 0 Å². The molecule has 164 valence electrons. The monoisotopic (exact) mass is 442 g/mol.